The number of fused-ring (bicyclic) bond motifs is 1. The van der Waals surface area contributed by atoms with E-state index in [2.05, 4.69) is 15.5 Å². The summed E-state index contributed by atoms with van der Waals surface area (Å²) in [4.78, 5) is 14.1. The van der Waals surface area contributed by atoms with Crippen LogP contribution in [-0.2, 0) is 6.54 Å². The second-order valence-corrected chi connectivity index (χ2v) is 5.80. The molecule has 0 spiro atoms. The van der Waals surface area contributed by atoms with Crippen LogP contribution >= 0.6 is 0 Å². The first kappa shape index (κ1) is 13.6. The second kappa shape index (κ2) is 5.94. The zero-order chi connectivity index (χ0) is 13.9. The molecule has 2 unspecified atom stereocenters. The van der Waals surface area contributed by atoms with E-state index in [0.717, 1.165) is 18.2 Å². The highest BCUT2D eigenvalue weighted by Gasteiger charge is 2.36. The molecule has 0 aromatic heterocycles. The highest BCUT2D eigenvalue weighted by Crippen LogP contribution is 2.28. The van der Waals surface area contributed by atoms with Crippen molar-refractivity contribution >= 4 is 5.91 Å². The summed E-state index contributed by atoms with van der Waals surface area (Å²) in [6.45, 7) is 3.42. The lowest BCUT2D eigenvalue weighted by atomic mass is 10.1. The maximum Gasteiger partial charge on any atom is 0.251 e. The van der Waals surface area contributed by atoms with Crippen LogP contribution in [0.15, 0.2) is 24.3 Å². The molecule has 2 saturated heterocycles. The summed E-state index contributed by atoms with van der Waals surface area (Å²) < 4.78 is 0. The van der Waals surface area contributed by atoms with Crippen LogP contribution in [0, 0.1) is 0 Å². The van der Waals surface area contributed by atoms with Crippen molar-refractivity contribution in [2.45, 2.75) is 37.9 Å². The number of nitrogens with one attached hydrogen (secondary N) is 2. The van der Waals surface area contributed by atoms with Gasteiger partial charge in [0.15, 0.2) is 0 Å². The Hall–Kier alpha value is -1.39. The van der Waals surface area contributed by atoms with Gasteiger partial charge in [0.2, 0.25) is 0 Å². The van der Waals surface area contributed by atoms with Crippen molar-refractivity contribution in [2.24, 2.45) is 0 Å². The minimum absolute atomic E-state index is 0.0260. The molecule has 3 rings (SSSR count). The van der Waals surface area contributed by atoms with E-state index in [4.69, 9.17) is 0 Å². The van der Waals surface area contributed by atoms with Gasteiger partial charge in [0.1, 0.15) is 0 Å². The number of rotatable bonds is 4. The van der Waals surface area contributed by atoms with Gasteiger partial charge in [-0.05, 0) is 43.5 Å². The fourth-order valence-corrected chi connectivity index (χ4v) is 3.49. The van der Waals surface area contributed by atoms with Gasteiger partial charge in [0, 0.05) is 37.8 Å². The summed E-state index contributed by atoms with van der Waals surface area (Å²) in [6.07, 6.45) is 3.96. The number of amides is 1. The van der Waals surface area contributed by atoms with Crippen molar-refractivity contribution in [3.05, 3.63) is 35.4 Å². The molecule has 0 bridgehead atoms. The van der Waals surface area contributed by atoms with Gasteiger partial charge in [-0.15, -0.1) is 0 Å². The third-order valence-electron chi connectivity index (χ3n) is 4.62. The SMILES string of the molecule is CNC(=O)c1ccc(CNC2CCN3CCCC23)cc1. The van der Waals surface area contributed by atoms with Crippen molar-refractivity contribution < 1.29 is 4.79 Å². The van der Waals surface area contributed by atoms with Gasteiger partial charge >= 0.3 is 0 Å². The van der Waals surface area contributed by atoms with Gasteiger partial charge < -0.3 is 10.6 Å². The molecule has 0 aliphatic carbocycles. The Kier molecular flexibility index (Phi) is 4.03. The van der Waals surface area contributed by atoms with Crippen LogP contribution in [-0.4, -0.2) is 43.0 Å². The van der Waals surface area contributed by atoms with Crippen molar-refractivity contribution in [1.82, 2.24) is 15.5 Å². The largest absolute Gasteiger partial charge is 0.355 e. The van der Waals surface area contributed by atoms with E-state index in [1.807, 2.05) is 24.3 Å². The average molecular weight is 273 g/mol. The Labute approximate surface area is 120 Å². The minimum atomic E-state index is -0.0260. The molecule has 2 N–H and O–H groups in total. The molecule has 0 radical (unpaired) electrons. The van der Waals surface area contributed by atoms with Crippen LogP contribution in [0.4, 0.5) is 0 Å². The van der Waals surface area contributed by atoms with E-state index in [1.54, 1.807) is 7.05 Å². The van der Waals surface area contributed by atoms with Gasteiger partial charge in [-0.2, -0.15) is 0 Å². The van der Waals surface area contributed by atoms with Crippen LogP contribution in [0.2, 0.25) is 0 Å². The summed E-state index contributed by atoms with van der Waals surface area (Å²) in [6, 6.07) is 9.26. The van der Waals surface area contributed by atoms with Crippen LogP contribution in [0.25, 0.3) is 0 Å². The molecule has 2 atom stereocenters. The topological polar surface area (TPSA) is 44.4 Å². The molecule has 2 aliphatic heterocycles. The molecule has 108 valence electrons. The number of carbonyl (C=O) groups excluding carboxylic acids is 1. The predicted molar refractivity (Wildman–Crippen MR) is 79.7 cm³/mol. The van der Waals surface area contributed by atoms with Gasteiger partial charge in [0.25, 0.3) is 5.91 Å². The minimum Gasteiger partial charge on any atom is -0.355 e. The highest BCUT2D eigenvalue weighted by molar-refractivity contribution is 5.93. The van der Waals surface area contributed by atoms with Crippen LogP contribution in [0.1, 0.15) is 35.2 Å². The maximum atomic E-state index is 11.5. The zero-order valence-corrected chi connectivity index (χ0v) is 12.1. The highest BCUT2D eigenvalue weighted by atomic mass is 16.1. The van der Waals surface area contributed by atoms with E-state index in [0.29, 0.717) is 6.04 Å². The molecule has 2 heterocycles. The molecule has 1 amide bonds. The Bertz CT molecular complexity index is 471. The maximum absolute atomic E-state index is 11.5. The van der Waals surface area contributed by atoms with E-state index >= 15 is 0 Å². The van der Waals surface area contributed by atoms with E-state index in [9.17, 15) is 4.79 Å². The monoisotopic (exact) mass is 273 g/mol. The Morgan fingerprint density at radius 1 is 1.25 bits per heavy atom. The van der Waals surface area contributed by atoms with Crippen molar-refractivity contribution in [3.8, 4) is 0 Å². The first-order valence-corrected chi connectivity index (χ1v) is 7.56. The molecule has 1 aromatic rings. The van der Waals surface area contributed by atoms with Crippen molar-refractivity contribution in [2.75, 3.05) is 20.1 Å². The second-order valence-electron chi connectivity index (χ2n) is 5.80. The lowest BCUT2D eigenvalue weighted by Crippen LogP contribution is -2.38. The first-order valence-electron chi connectivity index (χ1n) is 7.56. The van der Waals surface area contributed by atoms with Crippen molar-refractivity contribution in [3.63, 3.8) is 0 Å². The predicted octanol–water partition coefficient (Wildman–Crippen LogP) is 1.37. The standard InChI is InChI=1S/C16H23N3O/c1-17-16(20)13-6-4-12(5-7-13)11-18-14-8-10-19-9-2-3-15(14)19/h4-7,14-15,18H,2-3,8-11H2,1H3,(H,17,20). The molecule has 2 aliphatic rings. The van der Waals surface area contributed by atoms with Gasteiger partial charge in [0.05, 0.1) is 0 Å². The Morgan fingerprint density at radius 2 is 2.05 bits per heavy atom. The molecule has 0 saturated carbocycles. The molecule has 2 fully saturated rings. The number of hydrogen-bond donors (Lipinski definition) is 2. The lowest BCUT2D eigenvalue weighted by molar-refractivity contribution is 0.0963. The van der Waals surface area contributed by atoms with Crippen LogP contribution in [0.5, 0.6) is 0 Å². The lowest BCUT2D eigenvalue weighted by Gasteiger charge is -2.21. The van der Waals surface area contributed by atoms with Crippen molar-refractivity contribution in [1.29, 1.82) is 0 Å². The van der Waals surface area contributed by atoms with E-state index in [1.165, 1.54) is 37.9 Å². The summed E-state index contributed by atoms with van der Waals surface area (Å²) in [5.41, 5.74) is 1.97. The quantitative estimate of drug-likeness (QED) is 0.871. The van der Waals surface area contributed by atoms with Crippen LogP contribution in [0.3, 0.4) is 0 Å². The normalized spacial score (nSPS) is 25.6. The number of benzene rings is 1. The average Bonchev–Trinajstić information content (AvgIpc) is 3.08. The molecular weight excluding hydrogens is 250 g/mol. The fraction of sp³-hybridized carbons (Fsp3) is 0.562. The molecule has 1 aromatic carbocycles. The van der Waals surface area contributed by atoms with Crippen LogP contribution < -0.4 is 10.6 Å². The molecule has 4 nitrogen and oxygen atoms in total. The molecular formula is C16H23N3O. The Morgan fingerprint density at radius 3 is 2.80 bits per heavy atom. The summed E-state index contributed by atoms with van der Waals surface area (Å²) in [7, 11) is 1.66. The van der Waals surface area contributed by atoms with Gasteiger partial charge in [-0.3, -0.25) is 9.69 Å². The third kappa shape index (κ3) is 2.72. The number of hydrogen-bond acceptors (Lipinski definition) is 3. The van der Waals surface area contributed by atoms with Gasteiger partial charge in [-0.1, -0.05) is 12.1 Å². The fourth-order valence-electron chi connectivity index (χ4n) is 3.49. The van der Waals surface area contributed by atoms with Gasteiger partial charge in [-0.25, -0.2) is 0 Å². The molecule has 4 heteroatoms. The molecule has 20 heavy (non-hydrogen) atoms. The van der Waals surface area contributed by atoms with E-state index < -0.39 is 0 Å². The van der Waals surface area contributed by atoms with E-state index in [-0.39, 0.29) is 5.91 Å². The first-order chi connectivity index (χ1) is 9.78. The third-order valence-corrected chi connectivity index (χ3v) is 4.62. The smallest absolute Gasteiger partial charge is 0.251 e. The Balaban J connectivity index is 1.54. The summed E-state index contributed by atoms with van der Waals surface area (Å²) >= 11 is 0. The zero-order valence-electron chi connectivity index (χ0n) is 12.1. The summed E-state index contributed by atoms with van der Waals surface area (Å²) in [5, 5.41) is 6.33. The number of carbonyl (C=O) groups is 1. The number of nitrogens with zero attached hydrogens (tertiary/aromatic N) is 1. The summed E-state index contributed by atoms with van der Waals surface area (Å²) in [5.74, 6) is -0.0260.